The first-order valence-corrected chi connectivity index (χ1v) is 21.2. The minimum atomic E-state index is -1.07. The van der Waals surface area contributed by atoms with Crippen molar-refractivity contribution in [1.82, 2.24) is 39.0 Å². The second-order valence-electron chi connectivity index (χ2n) is 15.3. The number of aromatic amines is 1. The Bertz CT molecular complexity index is 3610. The van der Waals surface area contributed by atoms with E-state index >= 15 is 0 Å². The zero-order valence-electron chi connectivity index (χ0n) is 35.9. The molecule has 0 spiro atoms. The van der Waals surface area contributed by atoms with Crippen LogP contribution in [-0.4, -0.2) is 69.2 Å². The van der Waals surface area contributed by atoms with E-state index in [1.54, 1.807) is 51.6 Å². The van der Waals surface area contributed by atoms with E-state index in [1.807, 2.05) is 98.8 Å². The first kappa shape index (κ1) is 41.9. The summed E-state index contributed by atoms with van der Waals surface area (Å²) in [5.41, 5.74) is 8.13. The van der Waals surface area contributed by atoms with Gasteiger partial charge in [0.15, 0.2) is 11.6 Å². The van der Waals surface area contributed by atoms with E-state index in [9.17, 15) is 24.3 Å². The number of hydrogen-bond acceptors (Lipinski definition) is 12. The first-order chi connectivity index (χ1) is 32.7. The number of aromatic carboxylic acids is 1. The molecule has 2 N–H and O–H groups in total. The summed E-state index contributed by atoms with van der Waals surface area (Å²) >= 11 is 0. The van der Waals surface area contributed by atoms with Gasteiger partial charge in [-0.2, -0.15) is 14.5 Å². The molecule has 0 aliphatic carbocycles. The Morgan fingerprint density at radius 3 is 1.63 bits per heavy atom. The van der Waals surface area contributed by atoms with Crippen molar-refractivity contribution in [2.45, 2.75) is 26.9 Å². The van der Waals surface area contributed by atoms with Gasteiger partial charge in [-0.05, 0) is 71.5 Å². The van der Waals surface area contributed by atoms with Crippen molar-refractivity contribution in [1.29, 1.82) is 0 Å². The molecule has 0 radical (unpaired) electrons. The zero-order chi connectivity index (χ0) is 46.2. The van der Waals surface area contributed by atoms with Crippen molar-refractivity contribution in [3.63, 3.8) is 0 Å². The van der Waals surface area contributed by atoms with Crippen molar-refractivity contribution >= 4 is 33.9 Å². The molecule has 4 heterocycles. The van der Waals surface area contributed by atoms with Gasteiger partial charge in [-0.3, -0.25) is 28.0 Å². The summed E-state index contributed by atoms with van der Waals surface area (Å²) in [5.74, 6) is -3.06. The van der Waals surface area contributed by atoms with Crippen LogP contribution in [-0.2, 0) is 13.1 Å². The SMILES string of the molecule is CCOc1nc2cccc(C(=O)O)c2n1Cc1ccc(-c2ccccc2-c2noc(=O)n2C(=O)c2cccc3nc(OCC)n(Cc4ccc(-c5ccccc5-c5noc(=O)[nH]5)cc4)c23)cc1. The van der Waals surface area contributed by atoms with Crippen LogP contribution < -0.4 is 21.0 Å². The molecule has 17 nitrogen and oxygen atoms in total. The number of ether oxygens (including phenoxy) is 2. The molecule has 0 unspecified atom stereocenters. The number of nitrogens with zero attached hydrogens (tertiary/aromatic N) is 7. The van der Waals surface area contributed by atoms with Crippen LogP contribution in [0.3, 0.4) is 0 Å². The quantitative estimate of drug-likeness (QED) is 0.105. The maximum Gasteiger partial charge on any atom is 0.449 e. The van der Waals surface area contributed by atoms with Crippen molar-refractivity contribution in [3.8, 4) is 57.1 Å². The average molecular weight is 895 g/mol. The average Bonchev–Trinajstić information content (AvgIpc) is 4.13. The number of nitrogens with one attached hydrogen (secondary N) is 1. The maximum absolute atomic E-state index is 14.8. The van der Waals surface area contributed by atoms with Gasteiger partial charge in [0.2, 0.25) is 0 Å². The minimum absolute atomic E-state index is 0.000726. The molecule has 0 fully saturated rings. The molecule has 17 heteroatoms. The lowest BCUT2D eigenvalue weighted by atomic mass is 9.98. The number of H-pyrrole nitrogens is 1. The minimum Gasteiger partial charge on any atom is -0.478 e. The largest absolute Gasteiger partial charge is 0.478 e. The molecular formula is C50H38N8O9. The number of fused-ring (bicyclic) bond motifs is 2. The van der Waals surface area contributed by atoms with Gasteiger partial charge < -0.3 is 14.6 Å². The van der Waals surface area contributed by atoms with E-state index in [4.69, 9.17) is 23.5 Å². The van der Waals surface area contributed by atoms with Crippen LogP contribution in [0.1, 0.15) is 45.7 Å². The fourth-order valence-corrected chi connectivity index (χ4v) is 8.33. The molecule has 0 atom stereocenters. The van der Waals surface area contributed by atoms with Crippen LogP contribution in [0.5, 0.6) is 12.0 Å². The topological polar surface area (TPSA) is 215 Å². The summed E-state index contributed by atoms with van der Waals surface area (Å²) in [6.45, 7) is 4.85. The monoisotopic (exact) mass is 894 g/mol. The van der Waals surface area contributed by atoms with Gasteiger partial charge in [-0.1, -0.05) is 120 Å². The third-order valence-corrected chi connectivity index (χ3v) is 11.3. The molecule has 0 bridgehead atoms. The van der Waals surface area contributed by atoms with Crippen LogP contribution in [0, 0.1) is 0 Å². The number of imidazole rings is 2. The lowest BCUT2D eigenvalue weighted by molar-refractivity contribution is 0.0698. The second kappa shape index (κ2) is 17.5. The van der Waals surface area contributed by atoms with E-state index < -0.39 is 23.4 Å². The molecular weight excluding hydrogens is 857 g/mol. The predicted molar refractivity (Wildman–Crippen MR) is 246 cm³/mol. The summed E-state index contributed by atoms with van der Waals surface area (Å²) in [7, 11) is 0. The third kappa shape index (κ3) is 7.73. The fourth-order valence-electron chi connectivity index (χ4n) is 8.33. The Labute approximate surface area is 379 Å². The number of para-hydroxylation sites is 2. The van der Waals surface area contributed by atoms with E-state index in [0.29, 0.717) is 63.8 Å². The number of carboxylic acid groups (broad SMARTS) is 1. The first-order valence-electron chi connectivity index (χ1n) is 21.2. The van der Waals surface area contributed by atoms with Crippen LogP contribution in [0.25, 0.3) is 67.1 Å². The lowest BCUT2D eigenvalue weighted by Gasteiger charge is -2.14. The molecule has 0 amide bonds. The zero-order valence-corrected chi connectivity index (χ0v) is 35.9. The fraction of sp³-hybridized carbons (Fsp3) is 0.120. The van der Waals surface area contributed by atoms with Gasteiger partial charge in [0.05, 0.1) is 59.5 Å². The Hall–Kier alpha value is -9.12. The molecule has 10 rings (SSSR count). The molecule has 332 valence electrons. The summed E-state index contributed by atoms with van der Waals surface area (Å²) < 4.78 is 26.3. The van der Waals surface area contributed by atoms with Crippen molar-refractivity contribution in [2.75, 3.05) is 13.2 Å². The van der Waals surface area contributed by atoms with Crippen molar-refractivity contribution in [3.05, 3.63) is 177 Å². The van der Waals surface area contributed by atoms with E-state index in [1.165, 1.54) is 6.07 Å². The van der Waals surface area contributed by atoms with Crippen LogP contribution in [0.15, 0.2) is 152 Å². The number of carbonyl (C=O) groups is 2. The normalized spacial score (nSPS) is 11.4. The van der Waals surface area contributed by atoms with Gasteiger partial charge in [-0.15, -0.1) is 0 Å². The number of aromatic nitrogens is 8. The molecule has 0 saturated carbocycles. The Morgan fingerprint density at radius 1 is 0.597 bits per heavy atom. The van der Waals surface area contributed by atoms with Gasteiger partial charge in [-0.25, -0.2) is 14.4 Å². The van der Waals surface area contributed by atoms with Crippen molar-refractivity contribution < 1.29 is 33.2 Å². The molecule has 67 heavy (non-hydrogen) atoms. The van der Waals surface area contributed by atoms with Gasteiger partial charge in [0.25, 0.3) is 17.9 Å². The van der Waals surface area contributed by atoms with E-state index in [-0.39, 0.29) is 36.1 Å². The summed E-state index contributed by atoms with van der Waals surface area (Å²) in [6.07, 6.45) is 0. The van der Waals surface area contributed by atoms with Crippen molar-refractivity contribution in [2.24, 2.45) is 0 Å². The summed E-state index contributed by atoms with van der Waals surface area (Å²) in [6, 6.07) is 40.8. The number of rotatable bonds is 14. The predicted octanol–water partition coefficient (Wildman–Crippen LogP) is 8.16. The molecule has 4 aromatic heterocycles. The number of hydrogen-bond donors (Lipinski definition) is 2. The highest BCUT2D eigenvalue weighted by atomic mass is 16.5. The maximum atomic E-state index is 14.8. The van der Waals surface area contributed by atoms with E-state index in [0.717, 1.165) is 32.4 Å². The third-order valence-electron chi connectivity index (χ3n) is 11.3. The smallest absolute Gasteiger partial charge is 0.449 e. The second-order valence-corrected chi connectivity index (χ2v) is 15.3. The number of benzene rings is 6. The summed E-state index contributed by atoms with van der Waals surface area (Å²) in [4.78, 5) is 64.2. The molecule has 0 saturated heterocycles. The molecule has 6 aromatic carbocycles. The van der Waals surface area contributed by atoms with Gasteiger partial charge >= 0.3 is 17.5 Å². The number of carbonyl (C=O) groups excluding carboxylic acids is 1. The van der Waals surface area contributed by atoms with Gasteiger partial charge in [0.1, 0.15) is 0 Å². The summed E-state index contributed by atoms with van der Waals surface area (Å²) in [5, 5.41) is 18.0. The van der Waals surface area contributed by atoms with Crippen LogP contribution in [0.2, 0.25) is 0 Å². The van der Waals surface area contributed by atoms with Crippen LogP contribution in [0.4, 0.5) is 0 Å². The molecule has 0 aliphatic heterocycles. The van der Waals surface area contributed by atoms with Gasteiger partial charge in [0, 0.05) is 11.1 Å². The Kier molecular flexibility index (Phi) is 10.9. The Balaban J connectivity index is 0.979. The standard InChI is InChI=1S/C50H38N8O9/c1-3-64-47-51-39-17-9-15-37(41(39)56(47)27-29-19-23-31(24-20-29)33-11-5-7-13-35(33)43-53-49(62)66-54-43)45(59)58-44(55-67-50(58)63)36-14-8-6-12-34(36)32-25-21-30(22-26-32)28-57-42-38(46(60)61)16-10-18-40(42)52-48(57)65-4-2/h5-26H,3-4,27-28H2,1-2H3,(H,60,61)(H,53,54,62). The highest BCUT2D eigenvalue weighted by Crippen LogP contribution is 2.35. The Morgan fingerprint density at radius 2 is 1.10 bits per heavy atom. The van der Waals surface area contributed by atoms with E-state index in [2.05, 4.69) is 20.3 Å². The highest BCUT2D eigenvalue weighted by molar-refractivity contribution is 6.08. The molecule has 0 aliphatic rings. The number of carboxylic acids is 1. The molecule has 10 aromatic rings. The lowest BCUT2D eigenvalue weighted by Crippen LogP contribution is -2.25. The van der Waals surface area contributed by atoms with Crippen LogP contribution >= 0.6 is 0 Å². The highest BCUT2D eigenvalue weighted by Gasteiger charge is 2.27.